The van der Waals surface area contributed by atoms with Crippen LogP contribution in [-0.4, -0.2) is 27.7 Å². The van der Waals surface area contributed by atoms with Crippen LogP contribution < -0.4 is 5.56 Å². The lowest BCUT2D eigenvalue weighted by molar-refractivity contribution is 0.0850. The zero-order valence-corrected chi connectivity index (χ0v) is 12.3. The first kappa shape index (κ1) is 13.5. The maximum atomic E-state index is 12.5. The molecule has 20 heavy (non-hydrogen) atoms. The molecule has 0 radical (unpaired) electrons. The highest BCUT2D eigenvalue weighted by atomic mass is 35.5. The van der Waals surface area contributed by atoms with Gasteiger partial charge in [0.15, 0.2) is 0 Å². The van der Waals surface area contributed by atoms with Crippen LogP contribution in [0.2, 0.25) is 5.15 Å². The number of aryl methyl sites for hydroxylation is 2. The van der Waals surface area contributed by atoms with Crippen molar-refractivity contribution >= 4 is 22.6 Å². The van der Waals surface area contributed by atoms with Gasteiger partial charge in [0.25, 0.3) is 5.56 Å². The van der Waals surface area contributed by atoms with Crippen molar-refractivity contribution in [1.82, 2.24) is 14.5 Å². The van der Waals surface area contributed by atoms with Crippen molar-refractivity contribution in [3.63, 3.8) is 0 Å². The van der Waals surface area contributed by atoms with Crippen LogP contribution in [0, 0.1) is 6.92 Å². The van der Waals surface area contributed by atoms with Gasteiger partial charge in [-0.05, 0) is 31.7 Å². The lowest BCUT2D eigenvalue weighted by Crippen LogP contribution is -2.27. The van der Waals surface area contributed by atoms with E-state index in [2.05, 4.69) is 9.97 Å². The lowest BCUT2D eigenvalue weighted by atomic mass is 9.92. The van der Waals surface area contributed by atoms with Crippen molar-refractivity contribution in [3.05, 3.63) is 33.0 Å². The average molecular weight is 294 g/mol. The van der Waals surface area contributed by atoms with Gasteiger partial charge in [-0.15, -0.1) is 0 Å². The number of ether oxygens (including phenoxy) is 1. The molecule has 0 saturated carbocycles. The molecule has 0 aromatic carbocycles. The second kappa shape index (κ2) is 5.14. The van der Waals surface area contributed by atoms with Gasteiger partial charge in [0.1, 0.15) is 16.6 Å². The van der Waals surface area contributed by atoms with E-state index in [0.29, 0.717) is 29.8 Å². The Balaban J connectivity index is 2.24. The second-order valence-corrected chi connectivity index (χ2v) is 5.51. The molecule has 1 aliphatic heterocycles. The monoisotopic (exact) mass is 293 g/mol. The summed E-state index contributed by atoms with van der Waals surface area (Å²) in [4.78, 5) is 21.0. The number of rotatable bonds is 1. The number of halogens is 1. The maximum absolute atomic E-state index is 12.5. The molecule has 1 saturated heterocycles. The van der Waals surface area contributed by atoms with E-state index >= 15 is 0 Å². The zero-order chi connectivity index (χ0) is 14.3. The molecule has 0 amide bonds. The Labute approximate surface area is 121 Å². The summed E-state index contributed by atoms with van der Waals surface area (Å²) in [5.41, 5.74) is 1.37. The standard InChI is InChI=1S/C14H16ClN3O2/c1-8-16-12(15)11-7-10(9-3-5-20-6-4-9)14(19)18(2)13(11)17-8/h7,9H,3-6H2,1-2H3. The van der Waals surface area contributed by atoms with Crippen LogP contribution in [0.4, 0.5) is 0 Å². The molecule has 1 aliphatic rings. The van der Waals surface area contributed by atoms with Gasteiger partial charge >= 0.3 is 0 Å². The Morgan fingerprint density at radius 3 is 2.75 bits per heavy atom. The quantitative estimate of drug-likeness (QED) is 0.756. The van der Waals surface area contributed by atoms with Crippen LogP contribution in [0.1, 0.15) is 30.1 Å². The molecule has 0 aliphatic carbocycles. The summed E-state index contributed by atoms with van der Waals surface area (Å²) < 4.78 is 6.93. The van der Waals surface area contributed by atoms with Crippen molar-refractivity contribution in [2.75, 3.05) is 13.2 Å². The smallest absolute Gasteiger partial charge is 0.255 e. The minimum Gasteiger partial charge on any atom is -0.381 e. The van der Waals surface area contributed by atoms with Crippen LogP contribution in [0.3, 0.4) is 0 Å². The first-order valence-electron chi connectivity index (χ1n) is 6.69. The Morgan fingerprint density at radius 1 is 1.35 bits per heavy atom. The molecule has 0 atom stereocenters. The number of hydrogen-bond donors (Lipinski definition) is 0. The lowest BCUT2D eigenvalue weighted by Gasteiger charge is -2.22. The number of hydrogen-bond acceptors (Lipinski definition) is 4. The predicted molar refractivity (Wildman–Crippen MR) is 77.3 cm³/mol. The summed E-state index contributed by atoms with van der Waals surface area (Å²) >= 11 is 6.21. The summed E-state index contributed by atoms with van der Waals surface area (Å²) in [6.07, 6.45) is 1.73. The maximum Gasteiger partial charge on any atom is 0.255 e. The summed E-state index contributed by atoms with van der Waals surface area (Å²) in [5, 5.41) is 1.14. The SMILES string of the molecule is Cc1nc(Cl)c2cc(C3CCOCC3)c(=O)n(C)c2n1. The Bertz CT molecular complexity index is 720. The van der Waals surface area contributed by atoms with E-state index in [1.807, 2.05) is 6.07 Å². The first-order chi connectivity index (χ1) is 9.58. The van der Waals surface area contributed by atoms with E-state index in [0.717, 1.165) is 23.8 Å². The number of fused-ring (bicyclic) bond motifs is 1. The average Bonchev–Trinajstić information content (AvgIpc) is 2.44. The fourth-order valence-electron chi connectivity index (χ4n) is 2.72. The molecule has 2 aromatic rings. The van der Waals surface area contributed by atoms with E-state index in [-0.39, 0.29) is 11.5 Å². The van der Waals surface area contributed by atoms with E-state index in [4.69, 9.17) is 16.3 Å². The van der Waals surface area contributed by atoms with Gasteiger partial charge in [-0.3, -0.25) is 9.36 Å². The molecule has 2 aromatic heterocycles. The van der Waals surface area contributed by atoms with Gasteiger partial charge in [-0.25, -0.2) is 9.97 Å². The minimum atomic E-state index is -0.00133. The number of pyridine rings is 1. The van der Waals surface area contributed by atoms with Crippen molar-refractivity contribution in [2.24, 2.45) is 7.05 Å². The third-order valence-corrected chi connectivity index (χ3v) is 4.11. The molecular formula is C14H16ClN3O2. The van der Waals surface area contributed by atoms with Crippen LogP contribution in [-0.2, 0) is 11.8 Å². The third kappa shape index (κ3) is 2.21. The highest BCUT2D eigenvalue weighted by molar-refractivity contribution is 6.33. The van der Waals surface area contributed by atoms with Gasteiger partial charge < -0.3 is 4.74 Å². The van der Waals surface area contributed by atoms with Gasteiger partial charge in [0, 0.05) is 25.8 Å². The Kier molecular flexibility index (Phi) is 3.48. The first-order valence-corrected chi connectivity index (χ1v) is 7.07. The summed E-state index contributed by atoms with van der Waals surface area (Å²) in [5.74, 6) is 0.792. The van der Waals surface area contributed by atoms with Crippen molar-refractivity contribution in [2.45, 2.75) is 25.7 Å². The number of nitrogens with zero attached hydrogens (tertiary/aromatic N) is 3. The summed E-state index contributed by atoms with van der Waals surface area (Å²) in [7, 11) is 1.73. The molecule has 0 spiro atoms. The van der Waals surface area contributed by atoms with Crippen LogP contribution in [0.25, 0.3) is 11.0 Å². The molecule has 6 heteroatoms. The molecule has 3 rings (SSSR count). The third-order valence-electron chi connectivity index (χ3n) is 3.82. The molecule has 1 fully saturated rings. The van der Waals surface area contributed by atoms with Gasteiger partial charge in [-0.1, -0.05) is 11.6 Å². The fourth-order valence-corrected chi connectivity index (χ4v) is 2.98. The molecule has 0 N–H and O–H groups in total. The topological polar surface area (TPSA) is 57.0 Å². The molecule has 5 nitrogen and oxygen atoms in total. The van der Waals surface area contributed by atoms with Gasteiger partial charge in [0.05, 0.1) is 5.39 Å². The molecular weight excluding hydrogens is 278 g/mol. The molecule has 0 unspecified atom stereocenters. The fraction of sp³-hybridized carbons (Fsp3) is 0.500. The summed E-state index contributed by atoms with van der Waals surface area (Å²) in [6, 6.07) is 1.86. The molecule has 0 bridgehead atoms. The van der Waals surface area contributed by atoms with Gasteiger partial charge in [-0.2, -0.15) is 0 Å². The predicted octanol–water partition coefficient (Wildman–Crippen LogP) is 2.18. The van der Waals surface area contributed by atoms with E-state index < -0.39 is 0 Å². The Morgan fingerprint density at radius 2 is 2.05 bits per heavy atom. The highest BCUT2D eigenvalue weighted by Gasteiger charge is 2.21. The zero-order valence-electron chi connectivity index (χ0n) is 11.5. The van der Waals surface area contributed by atoms with E-state index in [9.17, 15) is 4.79 Å². The van der Waals surface area contributed by atoms with E-state index in [1.54, 1.807) is 18.5 Å². The van der Waals surface area contributed by atoms with Crippen LogP contribution in [0.5, 0.6) is 0 Å². The van der Waals surface area contributed by atoms with Crippen molar-refractivity contribution in [1.29, 1.82) is 0 Å². The second-order valence-electron chi connectivity index (χ2n) is 5.15. The normalized spacial score (nSPS) is 16.8. The number of aromatic nitrogens is 3. The molecule has 3 heterocycles. The van der Waals surface area contributed by atoms with Crippen molar-refractivity contribution < 1.29 is 4.74 Å². The van der Waals surface area contributed by atoms with Crippen LogP contribution in [0.15, 0.2) is 10.9 Å². The largest absolute Gasteiger partial charge is 0.381 e. The highest BCUT2D eigenvalue weighted by Crippen LogP contribution is 2.28. The van der Waals surface area contributed by atoms with Gasteiger partial charge in [0.2, 0.25) is 0 Å². The van der Waals surface area contributed by atoms with Crippen LogP contribution >= 0.6 is 11.6 Å². The summed E-state index contributed by atoms with van der Waals surface area (Å²) in [6.45, 7) is 3.16. The Hall–Kier alpha value is -1.46. The molecule has 106 valence electrons. The van der Waals surface area contributed by atoms with E-state index in [1.165, 1.54) is 0 Å². The minimum absolute atomic E-state index is 0.00133. The van der Waals surface area contributed by atoms with Crippen molar-refractivity contribution in [3.8, 4) is 0 Å².